The van der Waals surface area contributed by atoms with Gasteiger partial charge in [-0.25, -0.2) is 4.98 Å². The van der Waals surface area contributed by atoms with E-state index in [1.165, 1.54) is 0 Å². The fourth-order valence-corrected chi connectivity index (χ4v) is 3.91. The summed E-state index contributed by atoms with van der Waals surface area (Å²) < 4.78 is 0. The molecule has 3 nitrogen and oxygen atoms in total. The number of hydrogen-bond donors (Lipinski definition) is 1. The number of hydrogen-bond acceptors (Lipinski definition) is 3. The summed E-state index contributed by atoms with van der Waals surface area (Å²) in [6, 6.07) is 27.6. The van der Waals surface area contributed by atoms with Gasteiger partial charge in [-0.05, 0) is 24.1 Å². The molecule has 0 aliphatic rings. The summed E-state index contributed by atoms with van der Waals surface area (Å²) in [5.74, 6) is -0.440. The molecule has 0 saturated heterocycles. The van der Waals surface area contributed by atoms with Crippen molar-refractivity contribution in [2.24, 2.45) is 0 Å². The third-order valence-corrected chi connectivity index (χ3v) is 5.38. The molecule has 0 spiro atoms. The molecule has 4 rings (SSSR count). The monoisotopic (exact) mass is 384 g/mol. The maximum Gasteiger partial charge on any atom is 0.236 e. The second-order valence-electron chi connectivity index (χ2n) is 6.54. The number of nitrogens with one attached hydrogen (secondary N) is 1. The predicted octanol–water partition coefficient (Wildman–Crippen LogP) is 5.89. The Labute approximate surface area is 168 Å². The zero-order valence-corrected chi connectivity index (χ0v) is 16.3. The van der Waals surface area contributed by atoms with Gasteiger partial charge < -0.3 is 5.32 Å². The van der Waals surface area contributed by atoms with Crippen LogP contribution in [0.25, 0.3) is 11.3 Å². The molecule has 1 N–H and O–H groups in total. The van der Waals surface area contributed by atoms with Crippen LogP contribution in [0.2, 0.25) is 0 Å². The topological polar surface area (TPSA) is 42.0 Å². The van der Waals surface area contributed by atoms with Crippen molar-refractivity contribution in [2.75, 3.05) is 5.32 Å². The molecular weight excluding hydrogens is 364 g/mol. The van der Waals surface area contributed by atoms with Crippen LogP contribution in [0.4, 0.5) is 5.69 Å². The highest BCUT2D eigenvalue weighted by Gasteiger charge is 2.23. The number of aromatic nitrogens is 1. The average Bonchev–Trinajstić information content (AvgIpc) is 3.16. The van der Waals surface area contributed by atoms with Gasteiger partial charge in [0.2, 0.25) is 5.91 Å². The summed E-state index contributed by atoms with van der Waals surface area (Å²) in [4.78, 5) is 18.0. The molecule has 0 saturated carbocycles. The maximum absolute atomic E-state index is 13.4. The van der Waals surface area contributed by atoms with Gasteiger partial charge in [0.1, 0.15) is 0 Å². The molecule has 3 aromatic carbocycles. The zero-order valence-electron chi connectivity index (χ0n) is 15.5. The Bertz CT molecular complexity index is 1030. The van der Waals surface area contributed by atoms with Gasteiger partial charge in [-0.2, -0.15) is 0 Å². The normalized spacial score (nSPS) is 10.8. The number of amides is 1. The van der Waals surface area contributed by atoms with Crippen LogP contribution in [0.15, 0.2) is 90.3 Å². The van der Waals surface area contributed by atoms with E-state index in [0.29, 0.717) is 0 Å². The number of carbonyl (C=O) groups is 1. The molecule has 0 fully saturated rings. The molecule has 4 aromatic rings. The highest BCUT2D eigenvalue weighted by molar-refractivity contribution is 7.09. The summed E-state index contributed by atoms with van der Waals surface area (Å²) >= 11 is 1.60. The third-order valence-electron chi connectivity index (χ3n) is 4.61. The van der Waals surface area contributed by atoms with Gasteiger partial charge in [-0.15, -0.1) is 11.3 Å². The number of anilines is 1. The van der Waals surface area contributed by atoms with Crippen LogP contribution in [-0.4, -0.2) is 10.9 Å². The number of para-hydroxylation sites is 1. The molecule has 0 unspecified atom stereocenters. The lowest BCUT2D eigenvalue weighted by Crippen LogP contribution is -2.22. The van der Waals surface area contributed by atoms with Gasteiger partial charge in [0.25, 0.3) is 0 Å². The first kappa shape index (κ1) is 18.1. The van der Waals surface area contributed by atoms with E-state index in [2.05, 4.69) is 10.3 Å². The van der Waals surface area contributed by atoms with E-state index in [4.69, 9.17) is 0 Å². The number of nitrogens with zero attached hydrogens (tertiary/aromatic N) is 1. The van der Waals surface area contributed by atoms with Crippen LogP contribution in [-0.2, 0) is 4.79 Å². The lowest BCUT2D eigenvalue weighted by molar-refractivity contribution is -0.116. The number of aryl methyl sites for hydroxylation is 1. The first-order valence-corrected chi connectivity index (χ1v) is 10.0. The summed E-state index contributed by atoms with van der Waals surface area (Å²) in [7, 11) is 0. The fraction of sp³-hybridized carbons (Fsp3) is 0.0833. The van der Waals surface area contributed by atoms with E-state index >= 15 is 0 Å². The number of benzene rings is 3. The van der Waals surface area contributed by atoms with E-state index in [1.54, 1.807) is 11.3 Å². The van der Waals surface area contributed by atoms with Crippen molar-refractivity contribution < 1.29 is 4.79 Å². The molecule has 0 bridgehead atoms. The van der Waals surface area contributed by atoms with Crippen LogP contribution in [0.1, 0.15) is 22.1 Å². The summed E-state index contributed by atoms with van der Waals surface area (Å²) in [5.41, 5.74) is 4.52. The van der Waals surface area contributed by atoms with E-state index < -0.39 is 0 Å². The molecule has 0 atom stereocenters. The van der Waals surface area contributed by atoms with Crippen molar-refractivity contribution in [1.29, 1.82) is 0 Å². The molecule has 1 heterocycles. The van der Waals surface area contributed by atoms with E-state index in [1.807, 2.05) is 97.2 Å². The fourth-order valence-electron chi connectivity index (χ4n) is 3.29. The average molecular weight is 385 g/mol. The maximum atomic E-state index is 13.4. The number of carbonyl (C=O) groups excluding carboxylic acids is 1. The standard InChI is InChI=1S/C24H20N2OS/c1-17-25-22(16-28-17)20-14-8-9-15-21(20)26-24(27)23(18-10-4-2-5-11-18)19-12-6-3-7-13-19/h2-16,23H,1H3,(H,26,27). The Balaban J connectivity index is 1.70. The van der Waals surface area contributed by atoms with Crippen LogP contribution in [0.5, 0.6) is 0 Å². The van der Waals surface area contributed by atoms with Gasteiger partial charge in [0.05, 0.1) is 22.3 Å². The van der Waals surface area contributed by atoms with Crippen LogP contribution in [0, 0.1) is 6.92 Å². The highest BCUT2D eigenvalue weighted by Crippen LogP contribution is 2.31. The number of thiazole rings is 1. The number of rotatable bonds is 5. The third kappa shape index (κ3) is 3.87. The van der Waals surface area contributed by atoms with Gasteiger partial charge >= 0.3 is 0 Å². The molecule has 4 heteroatoms. The van der Waals surface area contributed by atoms with Crippen molar-refractivity contribution in [3.8, 4) is 11.3 Å². The van der Waals surface area contributed by atoms with Gasteiger partial charge in [-0.3, -0.25) is 4.79 Å². The van der Waals surface area contributed by atoms with Crippen molar-refractivity contribution in [2.45, 2.75) is 12.8 Å². The Morgan fingerprint density at radius 1 is 0.857 bits per heavy atom. The Kier molecular flexibility index (Phi) is 5.31. The predicted molar refractivity (Wildman–Crippen MR) is 116 cm³/mol. The lowest BCUT2D eigenvalue weighted by atomic mass is 9.90. The van der Waals surface area contributed by atoms with Crippen LogP contribution in [0.3, 0.4) is 0 Å². The van der Waals surface area contributed by atoms with Gasteiger partial charge in [0.15, 0.2) is 0 Å². The largest absolute Gasteiger partial charge is 0.325 e. The van der Waals surface area contributed by atoms with Crippen molar-refractivity contribution in [3.05, 3.63) is 106 Å². The molecule has 1 aromatic heterocycles. The van der Waals surface area contributed by atoms with Gasteiger partial charge in [0, 0.05) is 10.9 Å². The SMILES string of the molecule is Cc1nc(-c2ccccc2NC(=O)C(c2ccccc2)c2ccccc2)cs1. The molecular formula is C24H20N2OS. The second kappa shape index (κ2) is 8.19. The van der Waals surface area contributed by atoms with Crippen LogP contribution >= 0.6 is 11.3 Å². The zero-order chi connectivity index (χ0) is 19.3. The second-order valence-corrected chi connectivity index (χ2v) is 7.60. The summed E-state index contributed by atoms with van der Waals surface area (Å²) in [5, 5.41) is 6.16. The first-order chi connectivity index (χ1) is 13.7. The van der Waals surface area contributed by atoms with Crippen molar-refractivity contribution >= 4 is 22.9 Å². The smallest absolute Gasteiger partial charge is 0.236 e. The van der Waals surface area contributed by atoms with Gasteiger partial charge in [-0.1, -0.05) is 78.9 Å². The Hall–Kier alpha value is -3.24. The molecule has 1 amide bonds. The highest BCUT2D eigenvalue weighted by atomic mass is 32.1. The van der Waals surface area contributed by atoms with Crippen LogP contribution < -0.4 is 5.32 Å². The van der Waals surface area contributed by atoms with Crippen molar-refractivity contribution in [1.82, 2.24) is 4.98 Å². The summed E-state index contributed by atoms with van der Waals surface area (Å²) in [6.07, 6.45) is 0. The minimum Gasteiger partial charge on any atom is -0.325 e. The quantitative estimate of drug-likeness (QED) is 0.466. The molecule has 0 aliphatic carbocycles. The van der Waals surface area contributed by atoms with E-state index in [-0.39, 0.29) is 11.8 Å². The molecule has 138 valence electrons. The van der Waals surface area contributed by atoms with Crippen molar-refractivity contribution in [3.63, 3.8) is 0 Å². The van der Waals surface area contributed by atoms with E-state index in [0.717, 1.165) is 33.1 Å². The summed E-state index contributed by atoms with van der Waals surface area (Å²) in [6.45, 7) is 1.98. The Morgan fingerprint density at radius 3 is 2.00 bits per heavy atom. The molecule has 28 heavy (non-hydrogen) atoms. The molecule has 0 aliphatic heterocycles. The first-order valence-electron chi connectivity index (χ1n) is 9.14. The van der Waals surface area contributed by atoms with E-state index in [9.17, 15) is 4.79 Å². The lowest BCUT2D eigenvalue weighted by Gasteiger charge is -2.19. The Morgan fingerprint density at radius 2 is 1.43 bits per heavy atom. The minimum absolute atomic E-state index is 0.0585. The molecule has 0 radical (unpaired) electrons. The minimum atomic E-state index is -0.382.